The Morgan fingerprint density at radius 1 is 1.12 bits per heavy atom. The number of nitrogens with zero attached hydrogens (tertiary/aromatic N) is 1. The molecule has 0 aromatic heterocycles. The van der Waals surface area contributed by atoms with Gasteiger partial charge >= 0.3 is 5.97 Å². The Kier molecular flexibility index (Phi) is 6.86. The molecule has 0 saturated heterocycles. The minimum atomic E-state index is -1.05. The van der Waals surface area contributed by atoms with Crippen molar-refractivity contribution in [3.05, 3.63) is 53.1 Å². The number of amides is 1. The van der Waals surface area contributed by atoms with Crippen molar-refractivity contribution >= 4 is 29.2 Å². The van der Waals surface area contributed by atoms with E-state index in [1.807, 2.05) is 13.0 Å². The van der Waals surface area contributed by atoms with Crippen molar-refractivity contribution in [2.24, 2.45) is 0 Å². The average molecular weight is 378 g/mol. The van der Waals surface area contributed by atoms with E-state index in [-0.39, 0.29) is 12.3 Å². The van der Waals surface area contributed by atoms with Gasteiger partial charge in [0, 0.05) is 18.3 Å². The zero-order valence-electron chi connectivity index (χ0n) is 14.6. The van der Waals surface area contributed by atoms with Crippen molar-refractivity contribution in [1.82, 2.24) is 0 Å². The van der Waals surface area contributed by atoms with Gasteiger partial charge in [0.25, 0.3) is 0 Å². The van der Waals surface area contributed by atoms with Crippen LogP contribution in [0, 0.1) is 0 Å². The topological polar surface area (TPSA) is 76.1 Å². The number of carbonyl (C=O) groups excluding carboxylic acids is 1. The minimum Gasteiger partial charge on any atom is -0.492 e. The van der Waals surface area contributed by atoms with Gasteiger partial charge in [0.15, 0.2) is 6.61 Å². The summed E-state index contributed by atoms with van der Waals surface area (Å²) in [4.78, 5) is 24.6. The number of hydrogen-bond donors (Lipinski definition) is 1. The Hall–Kier alpha value is -2.73. The number of likely N-dealkylation sites (N-methyl/N-ethyl adjacent to an activating group) is 1. The van der Waals surface area contributed by atoms with Crippen LogP contribution in [0.5, 0.6) is 11.5 Å². The fraction of sp³-hybridized carbons (Fsp3) is 0.263. The van der Waals surface area contributed by atoms with E-state index in [1.54, 1.807) is 43.4 Å². The molecule has 2 aromatic rings. The molecule has 0 heterocycles. The zero-order chi connectivity index (χ0) is 19.1. The number of benzene rings is 2. The first-order chi connectivity index (χ1) is 12.4. The van der Waals surface area contributed by atoms with Crippen LogP contribution in [0.4, 0.5) is 5.69 Å². The van der Waals surface area contributed by atoms with Crippen LogP contribution in [0.3, 0.4) is 0 Å². The number of aliphatic carboxylic acids is 1. The van der Waals surface area contributed by atoms with Crippen LogP contribution in [0.15, 0.2) is 42.5 Å². The average Bonchev–Trinajstić information content (AvgIpc) is 2.62. The summed E-state index contributed by atoms with van der Waals surface area (Å²) < 4.78 is 10.6. The van der Waals surface area contributed by atoms with Crippen molar-refractivity contribution in [2.75, 3.05) is 25.2 Å². The van der Waals surface area contributed by atoms with Crippen LogP contribution in [-0.2, 0) is 16.0 Å². The summed E-state index contributed by atoms with van der Waals surface area (Å²) in [5, 5.41) is 9.09. The molecular formula is C19H20ClNO5. The van der Waals surface area contributed by atoms with Crippen LogP contribution in [-0.4, -0.2) is 37.2 Å². The lowest BCUT2D eigenvalue weighted by Gasteiger charge is -2.19. The van der Waals surface area contributed by atoms with Crippen LogP contribution in [0.25, 0.3) is 0 Å². The lowest BCUT2D eigenvalue weighted by atomic mass is 10.1. The summed E-state index contributed by atoms with van der Waals surface area (Å²) in [5.74, 6) is -0.235. The number of ether oxygens (including phenoxy) is 2. The maximum atomic E-state index is 12.6. The van der Waals surface area contributed by atoms with Gasteiger partial charge in [-0.25, -0.2) is 4.79 Å². The number of anilines is 1. The quantitative estimate of drug-likeness (QED) is 0.763. The molecule has 0 aliphatic heterocycles. The number of carbonyl (C=O) groups is 2. The summed E-state index contributed by atoms with van der Waals surface area (Å²) in [6.07, 6.45) is 0.143. The maximum Gasteiger partial charge on any atom is 0.341 e. The molecule has 0 spiro atoms. The Labute approximate surface area is 156 Å². The van der Waals surface area contributed by atoms with Gasteiger partial charge in [-0.2, -0.15) is 0 Å². The SMILES string of the molecule is CCOc1c(Cl)cccc1CC(=O)N(C)c1ccc(OCC(=O)O)cc1. The second-order valence-corrected chi connectivity index (χ2v) is 5.87. The van der Waals surface area contributed by atoms with Crippen molar-refractivity contribution in [1.29, 1.82) is 0 Å². The second kappa shape index (κ2) is 9.10. The summed E-state index contributed by atoms with van der Waals surface area (Å²) in [5.41, 5.74) is 1.38. The first-order valence-corrected chi connectivity index (χ1v) is 8.41. The van der Waals surface area contributed by atoms with Gasteiger partial charge in [-0.3, -0.25) is 4.79 Å². The Morgan fingerprint density at radius 3 is 2.42 bits per heavy atom. The van der Waals surface area contributed by atoms with Crippen molar-refractivity contribution in [3.63, 3.8) is 0 Å². The van der Waals surface area contributed by atoms with E-state index in [4.69, 9.17) is 26.2 Å². The number of hydrogen-bond acceptors (Lipinski definition) is 4. The Balaban J connectivity index is 2.08. The fourth-order valence-electron chi connectivity index (χ4n) is 2.34. The van der Waals surface area contributed by atoms with Crippen molar-refractivity contribution in [2.45, 2.75) is 13.3 Å². The lowest BCUT2D eigenvalue weighted by Crippen LogP contribution is -2.28. The van der Waals surface area contributed by atoms with Gasteiger partial charge < -0.3 is 19.5 Å². The number of halogens is 1. The monoisotopic (exact) mass is 377 g/mol. The molecule has 1 amide bonds. The zero-order valence-corrected chi connectivity index (χ0v) is 15.3. The smallest absolute Gasteiger partial charge is 0.341 e. The number of carboxylic acids is 1. The highest BCUT2D eigenvalue weighted by Gasteiger charge is 2.16. The van der Waals surface area contributed by atoms with Gasteiger partial charge in [0.2, 0.25) is 5.91 Å². The molecule has 0 radical (unpaired) electrons. The minimum absolute atomic E-state index is 0.132. The normalized spacial score (nSPS) is 10.3. The van der Waals surface area contributed by atoms with E-state index >= 15 is 0 Å². The predicted molar refractivity (Wildman–Crippen MR) is 99.3 cm³/mol. The van der Waals surface area contributed by atoms with Gasteiger partial charge in [-0.05, 0) is 37.3 Å². The molecule has 0 bridgehead atoms. The molecule has 138 valence electrons. The first-order valence-electron chi connectivity index (χ1n) is 8.03. The molecule has 0 aliphatic carbocycles. The van der Waals surface area contributed by atoms with E-state index in [0.717, 1.165) is 5.56 Å². The van der Waals surface area contributed by atoms with E-state index < -0.39 is 12.6 Å². The van der Waals surface area contributed by atoms with E-state index in [0.29, 0.717) is 28.8 Å². The number of para-hydroxylation sites is 1. The third-order valence-corrected chi connectivity index (χ3v) is 3.94. The van der Waals surface area contributed by atoms with E-state index in [1.165, 1.54) is 4.90 Å². The third kappa shape index (κ3) is 5.13. The molecule has 6 nitrogen and oxygen atoms in total. The molecule has 26 heavy (non-hydrogen) atoms. The summed E-state index contributed by atoms with van der Waals surface area (Å²) in [6, 6.07) is 11.9. The maximum absolute atomic E-state index is 12.6. The highest BCUT2D eigenvalue weighted by atomic mass is 35.5. The highest BCUT2D eigenvalue weighted by Crippen LogP contribution is 2.29. The Morgan fingerprint density at radius 2 is 1.81 bits per heavy atom. The third-order valence-electron chi connectivity index (χ3n) is 3.64. The van der Waals surface area contributed by atoms with Crippen molar-refractivity contribution in [3.8, 4) is 11.5 Å². The highest BCUT2D eigenvalue weighted by molar-refractivity contribution is 6.32. The molecule has 0 fully saturated rings. The Bertz CT molecular complexity index is 776. The predicted octanol–water partition coefficient (Wildman–Crippen LogP) is 3.41. The molecule has 0 aliphatic rings. The fourth-order valence-corrected chi connectivity index (χ4v) is 2.58. The molecular weight excluding hydrogens is 358 g/mol. The summed E-state index contributed by atoms with van der Waals surface area (Å²) >= 11 is 6.15. The van der Waals surface area contributed by atoms with Gasteiger partial charge in [-0.15, -0.1) is 0 Å². The standard InChI is InChI=1S/C19H20ClNO5/c1-3-25-19-13(5-4-6-16(19)20)11-17(22)21(2)14-7-9-15(10-8-14)26-12-18(23)24/h4-10H,3,11-12H2,1-2H3,(H,23,24). The molecule has 7 heteroatoms. The largest absolute Gasteiger partial charge is 0.492 e. The lowest BCUT2D eigenvalue weighted by molar-refractivity contribution is -0.139. The van der Waals surface area contributed by atoms with Gasteiger partial charge in [-0.1, -0.05) is 23.7 Å². The van der Waals surface area contributed by atoms with Crippen LogP contribution in [0.2, 0.25) is 5.02 Å². The molecule has 2 aromatic carbocycles. The summed E-state index contributed by atoms with van der Waals surface area (Å²) in [7, 11) is 1.67. The van der Waals surface area contributed by atoms with Crippen LogP contribution < -0.4 is 14.4 Å². The molecule has 0 unspecified atom stereocenters. The first kappa shape index (κ1) is 19.6. The second-order valence-electron chi connectivity index (χ2n) is 5.47. The summed E-state index contributed by atoms with van der Waals surface area (Å²) in [6.45, 7) is 1.90. The molecule has 2 rings (SSSR count). The van der Waals surface area contributed by atoms with Crippen LogP contribution in [0.1, 0.15) is 12.5 Å². The molecule has 0 atom stereocenters. The van der Waals surface area contributed by atoms with Crippen LogP contribution >= 0.6 is 11.6 Å². The van der Waals surface area contributed by atoms with Crippen molar-refractivity contribution < 1.29 is 24.2 Å². The molecule has 0 saturated carbocycles. The van der Waals surface area contributed by atoms with E-state index in [2.05, 4.69) is 0 Å². The number of rotatable bonds is 8. The van der Waals surface area contributed by atoms with E-state index in [9.17, 15) is 9.59 Å². The van der Waals surface area contributed by atoms with Gasteiger partial charge in [0.05, 0.1) is 18.1 Å². The number of carboxylic acid groups (broad SMARTS) is 1. The molecule has 1 N–H and O–H groups in total. The van der Waals surface area contributed by atoms with Gasteiger partial charge in [0.1, 0.15) is 11.5 Å².